The summed E-state index contributed by atoms with van der Waals surface area (Å²) in [6.07, 6.45) is 3.38. The van der Waals surface area contributed by atoms with Crippen molar-refractivity contribution in [2.75, 3.05) is 5.32 Å². The summed E-state index contributed by atoms with van der Waals surface area (Å²) in [6, 6.07) is -0.437. The summed E-state index contributed by atoms with van der Waals surface area (Å²) in [5.74, 6) is 0.139. The number of hydrogen-bond acceptors (Lipinski definition) is 4. The van der Waals surface area contributed by atoms with E-state index in [2.05, 4.69) is 15.3 Å². The molecular weight excluding hydrogens is 192 g/mol. The number of anilines is 1. The molecule has 0 saturated carbocycles. The van der Waals surface area contributed by atoms with Crippen molar-refractivity contribution in [3.63, 3.8) is 0 Å². The lowest BCUT2D eigenvalue weighted by atomic mass is 10.0. The molecule has 1 atom stereocenters. The van der Waals surface area contributed by atoms with Gasteiger partial charge < -0.3 is 11.1 Å². The molecule has 1 unspecified atom stereocenters. The lowest BCUT2D eigenvalue weighted by molar-refractivity contribution is -0.119. The van der Waals surface area contributed by atoms with E-state index in [4.69, 9.17) is 5.73 Å². The lowest BCUT2D eigenvalue weighted by Crippen LogP contribution is -2.40. The zero-order valence-corrected chi connectivity index (χ0v) is 9.19. The molecule has 82 valence electrons. The third-order valence-corrected chi connectivity index (χ3v) is 2.04. The topological polar surface area (TPSA) is 80.9 Å². The molecule has 15 heavy (non-hydrogen) atoms. The predicted molar refractivity (Wildman–Crippen MR) is 58.2 cm³/mol. The molecule has 0 bridgehead atoms. The number of hydrogen-bond donors (Lipinski definition) is 2. The van der Waals surface area contributed by atoms with Crippen LogP contribution in [0.25, 0.3) is 0 Å². The number of amides is 1. The molecule has 0 aliphatic heterocycles. The summed E-state index contributed by atoms with van der Waals surface area (Å²) in [6.45, 7) is 5.73. The highest BCUT2D eigenvalue weighted by Gasteiger charge is 2.19. The van der Waals surface area contributed by atoms with Crippen LogP contribution in [0.5, 0.6) is 0 Å². The van der Waals surface area contributed by atoms with E-state index in [1.165, 1.54) is 0 Å². The average Bonchev–Trinajstić information content (AvgIpc) is 2.15. The number of nitrogens with one attached hydrogen (secondary N) is 1. The van der Waals surface area contributed by atoms with Gasteiger partial charge in [-0.3, -0.25) is 4.79 Å². The Morgan fingerprint density at radius 2 is 1.93 bits per heavy atom. The largest absolute Gasteiger partial charge is 0.368 e. The van der Waals surface area contributed by atoms with Gasteiger partial charge in [0, 0.05) is 12.4 Å². The third kappa shape index (κ3) is 3.19. The Morgan fingerprint density at radius 3 is 2.33 bits per heavy atom. The summed E-state index contributed by atoms with van der Waals surface area (Å²) in [5, 5.41) is 2.91. The van der Waals surface area contributed by atoms with Crippen molar-refractivity contribution < 1.29 is 4.79 Å². The molecule has 5 nitrogen and oxygen atoms in total. The summed E-state index contributed by atoms with van der Waals surface area (Å²) in [7, 11) is 0. The molecule has 0 radical (unpaired) electrons. The first kappa shape index (κ1) is 11.4. The van der Waals surface area contributed by atoms with Gasteiger partial charge in [0.15, 0.2) is 0 Å². The van der Waals surface area contributed by atoms with Gasteiger partial charge in [-0.05, 0) is 18.4 Å². The van der Waals surface area contributed by atoms with Crippen molar-refractivity contribution in [1.29, 1.82) is 0 Å². The van der Waals surface area contributed by atoms with Crippen molar-refractivity contribution >= 4 is 11.9 Å². The van der Waals surface area contributed by atoms with Crippen LogP contribution in [0.15, 0.2) is 12.4 Å². The molecule has 3 N–H and O–H groups in total. The van der Waals surface area contributed by atoms with Crippen LogP contribution in [0.1, 0.15) is 19.4 Å². The van der Waals surface area contributed by atoms with E-state index in [-0.39, 0.29) is 5.92 Å². The van der Waals surface area contributed by atoms with Crippen LogP contribution in [-0.4, -0.2) is 21.9 Å². The highest BCUT2D eigenvalue weighted by molar-refractivity contribution is 5.82. The van der Waals surface area contributed by atoms with Gasteiger partial charge in [-0.15, -0.1) is 0 Å². The van der Waals surface area contributed by atoms with E-state index < -0.39 is 11.9 Å². The smallest absolute Gasteiger partial charge is 0.240 e. The minimum Gasteiger partial charge on any atom is -0.368 e. The average molecular weight is 208 g/mol. The van der Waals surface area contributed by atoms with Crippen LogP contribution in [-0.2, 0) is 4.79 Å². The molecular formula is C10H16N4O. The summed E-state index contributed by atoms with van der Waals surface area (Å²) in [4.78, 5) is 19.2. The third-order valence-electron chi connectivity index (χ3n) is 2.04. The molecule has 0 aromatic carbocycles. The minimum absolute atomic E-state index is 0.104. The Balaban J connectivity index is 2.74. The first-order valence-corrected chi connectivity index (χ1v) is 4.85. The van der Waals surface area contributed by atoms with Gasteiger partial charge in [0.25, 0.3) is 0 Å². The molecule has 0 aliphatic rings. The number of carbonyl (C=O) groups excluding carboxylic acids is 1. The zero-order valence-electron chi connectivity index (χ0n) is 9.19. The van der Waals surface area contributed by atoms with Crippen molar-refractivity contribution in [3.8, 4) is 0 Å². The SMILES string of the molecule is Cc1cnc(NC(C(N)=O)C(C)C)nc1. The second kappa shape index (κ2) is 4.72. The van der Waals surface area contributed by atoms with Gasteiger partial charge in [0.2, 0.25) is 11.9 Å². The molecule has 1 aromatic rings. The second-order valence-electron chi connectivity index (χ2n) is 3.85. The maximum atomic E-state index is 11.1. The molecule has 0 fully saturated rings. The fourth-order valence-electron chi connectivity index (χ4n) is 1.17. The van der Waals surface area contributed by atoms with Crippen LogP contribution in [0.4, 0.5) is 5.95 Å². The van der Waals surface area contributed by atoms with Crippen LogP contribution in [0.2, 0.25) is 0 Å². The summed E-state index contributed by atoms with van der Waals surface area (Å²) in [5.41, 5.74) is 6.23. The Morgan fingerprint density at radius 1 is 1.40 bits per heavy atom. The molecule has 1 amide bonds. The Bertz CT molecular complexity index is 334. The quantitative estimate of drug-likeness (QED) is 0.763. The van der Waals surface area contributed by atoms with E-state index in [9.17, 15) is 4.79 Å². The van der Waals surface area contributed by atoms with Gasteiger partial charge in [0.05, 0.1) is 0 Å². The van der Waals surface area contributed by atoms with E-state index in [0.717, 1.165) is 5.56 Å². The van der Waals surface area contributed by atoms with Crippen LogP contribution in [0.3, 0.4) is 0 Å². The van der Waals surface area contributed by atoms with Gasteiger partial charge in [-0.25, -0.2) is 9.97 Å². The molecule has 1 heterocycles. The number of nitrogens with two attached hydrogens (primary N) is 1. The molecule has 1 aromatic heterocycles. The number of carbonyl (C=O) groups is 1. The first-order valence-electron chi connectivity index (χ1n) is 4.85. The molecule has 1 rings (SSSR count). The first-order chi connectivity index (χ1) is 7.00. The molecule has 0 aliphatic carbocycles. The Kier molecular flexibility index (Phi) is 3.60. The van der Waals surface area contributed by atoms with E-state index in [1.807, 2.05) is 20.8 Å². The van der Waals surface area contributed by atoms with Crippen LogP contribution < -0.4 is 11.1 Å². The maximum Gasteiger partial charge on any atom is 0.240 e. The second-order valence-corrected chi connectivity index (χ2v) is 3.85. The van der Waals surface area contributed by atoms with Gasteiger partial charge in [0.1, 0.15) is 6.04 Å². The maximum absolute atomic E-state index is 11.1. The Labute approximate surface area is 89.1 Å². The molecule has 0 saturated heterocycles. The minimum atomic E-state index is -0.437. The monoisotopic (exact) mass is 208 g/mol. The van der Waals surface area contributed by atoms with Crippen molar-refractivity contribution in [1.82, 2.24) is 9.97 Å². The van der Waals surface area contributed by atoms with Crippen LogP contribution >= 0.6 is 0 Å². The number of aromatic nitrogens is 2. The number of aryl methyl sites for hydroxylation is 1. The number of rotatable bonds is 4. The Hall–Kier alpha value is -1.65. The van der Waals surface area contributed by atoms with Gasteiger partial charge in [-0.1, -0.05) is 13.8 Å². The predicted octanol–water partition coefficient (Wildman–Crippen LogP) is 0.707. The number of nitrogens with zero attached hydrogens (tertiary/aromatic N) is 2. The fraction of sp³-hybridized carbons (Fsp3) is 0.500. The number of primary amides is 1. The summed E-state index contributed by atoms with van der Waals surface area (Å²) < 4.78 is 0. The zero-order chi connectivity index (χ0) is 11.4. The van der Waals surface area contributed by atoms with Gasteiger partial charge >= 0.3 is 0 Å². The highest BCUT2D eigenvalue weighted by Crippen LogP contribution is 2.07. The van der Waals surface area contributed by atoms with E-state index in [1.54, 1.807) is 12.4 Å². The molecule has 5 heteroatoms. The van der Waals surface area contributed by atoms with Crippen LogP contribution in [0, 0.1) is 12.8 Å². The molecule has 0 spiro atoms. The summed E-state index contributed by atoms with van der Waals surface area (Å²) >= 11 is 0. The van der Waals surface area contributed by atoms with Crippen molar-refractivity contribution in [2.45, 2.75) is 26.8 Å². The van der Waals surface area contributed by atoms with E-state index in [0.29, 0.717) is 5.95 Å². The van der Waals surface area contributed by atoms with E-state index >= 15 is 0 Å². The van der Waals surface area contributed by atoms with Crippen molar-refractivity contribution in [3.05, 3.63) is 18.0 Å². The highest BCUT2D eigenvalue weighted by atomic mass is 16.1. The fourth-order valence-corrected chi connectivity index (χ4v) is 1.17. The lowest BCUT2D eigenvalue weighted by Gasteiger charge is -2.18. The van der Waals surface area contributed by atoms with Crippen molar-refractivity contribution in [2.24, 2.45) is 11.7 Å². The standard InChI is InChI=1S/C10H16N4O/c1-6(2)8(9(11)15)14-10-12-4-7(3)5-13-10/h4-6,8H,1-3H3,(H2,11,15)(H,12,13,14). The van der Waals surface area contributed by atoms with Gasteiger partial charge in [-0.2, -0.15) is 0 Å². The normalized spacial score (nSPS) is 12.5.